The van der Waals surface area contributed by atoms with Crippen LogP contribution in [0.3, 0.4) is 0 Å². The second-order valence-corrected chi connectivity index (χ2v) is 4.88. The van der Waals surface area contributed by atoms with Crippen molar-refractivity contribution in [3.8, 4) is 5.75 Å². The molecule has 22 heavy (non-hydrogen) atoms. The van der Waals surface area contributed by atoms with E-state index in [0.717, 1.165) is 16.3 Å². The molecule has 5 nitrogen and oxygen atoms in total. The number of benzene rings is 2. The van der Waals surface area contributed by atoms with Gasteiger partial charge in [0, 0.05) is 0 Å². The number of hydrogen-bond donors (Lipinski definition) is 0. The zero-order valence-electron chi connectivity index (χ0n) is 12.2. The molecular formula is C17H14N2O3. The highest BCUT2D eigenvalue weighted by Gasteiger charge is 2.35. The number of fused-ring (bicyclic) bond motifs is 1. The first kappa shape index (κ1) is 14.0. The van der Waals surface area contributed by atoms with Gasteiger partial charge in [-0.05, 0) is 48.9 Å². The summed E-state index contributed by atoms with van der Waals surface area (Å²) in [6, 6.07) is 14.0. The van der Waals surface area contributed by atoms with Crippen LogP contribution in [0, 0.1) is 0 Å². The SMILES string of the molecule is COc1ccc(C(C)=NN2C(=O)c3ccccc3C2=O)cc1. The van der Waals surface area contributed by atoms with E-state index in [2.05, 4.69) is 5.10 Å². The van der Waals surface area contributed by atoms with Crippen LogP contribution >= 0.6 is 0 Å². The summed E-state index contributed by atoms with van der Waals surface area (Å²) in [5.41, 5.74) is 2.17. The van der Waals surface area contributed by atoms with Crippen LogP contribution in [-0.4, -0.2) is 29.6 Å². The van der Waals surface area contributed by atoms with Crippen molar-refractivity contribution in [1.29, 1.82) is 0 Å². The van der Waals surface area contributed by atoms with E-state index in [-0.39, 0.29) is 0 Å². The molecular weight excluding hydrogens is 280 g/mol. The zero-order valence-corrected chi connectivity index (χ0v) is 12.2. The molecule has 1 heterocycles. The van der Waals surface area contributed by atoms with Crippen LogP contribution in [0.5, 0.6) is 5.75 Å². The molecule has 2 aromatic carbocycles. The first-order valence-corrected chi connectivity index (χ1v) is 6.79. The lowest BCUT2D eigenvalue weighted by molar-refractivity contribution is 0.0659. The summed E-state index contributed by atoms with van der Waals surface area (Å²) in [7, 11) is 1.59. The van der Waals surface area contributed by atoms with Crippen molar-refractivity contribution in [2.75, 3.05) is 7.11 Å². The summed E-state index contributed by atoms with van der Waals surface area (Å²) in [5, 5.41) is 5.11. The van der Waals surface area contributed by atoms with E-state index in [1.165, 1.54) is 0 Å². The quantitative estimate of drug-likeness (QED) is 0.646. The van der Waals surface area contributed by atoms with E-state index in [1.807, 2.05) is 12.1 Å². The summed E-state index contributed by atoms with van der Waals surface area (Å²) < 4.78 is 5.10. The van der Waals surface area contributed by atoms with Gasteiger partial charge < -0.3 is 4.74 Å². The molecule has 1 aliphatic rings. The van der Waals surface area contributed by atoms with Crippen molar-refractivity contribution in [2.45, 2.75) is 6.92 Å². The van der Waals surface area contributed by atoms with Crippen molar-refractivity contribution in [3.05, 3.63) is 65.2 Å². The van der Waals surface area contributed by atoms with E-state index in [9.17, 15) is 9.59 Å². The smallest absolute Gasteiger partial charge is 0.282 e. The zero-order chi connectivity index (χ0) is 15.7. The summed E-state index contributed by atoms with van der Waals surface area (Å²) >= 11 is 0. The van der Waals surface area contributed by atoms with Crippen LogP contribution in [0.4, 0.5) is 0 Å². The van der Waals surface area contributed by atoms with Gasteiger partial charge in [-0.15, -0.1) is 0 Å². The number of imide groups is 1. The molecule has 0 bridgehead atoms. The molecule has 0 fully saturated rings. The van der Waals surface area contributed by atoms with Crippen molar-refractivity contribution in [3.63, 3.8) is 0 Å². The molecule has 2 amide bonds. The molecule has 0 radical (unpaired) electrons. The molecule has 0 saturated heterocycles. The Hall–Kier alpha value is -2.95. The molecule has 0 N–H and O–H groups in total. The van der Waals surface area contributed by atoms with E-state index < -0.39 is 11.8 Å². The number of hydrazone groups is 1. The minimum Gasteiger partial charge on any atom is -0.497 e. The third-order valence-corrected chi connectivity index (χ3v) is 3.53. The van der Waals surface area contributed by atoms with Gasteiger partial charge in [-0.1, -0.05) is 12.1 Å². The molecule has 0 aromatic heterocycles. The van der Waals surface area contributed by atoms with Crippen LogP contribution < -0.4 is 4.74 Å². The number of hydrogen-bond acceptors (Lipinski definition) is 4. The minimum atomic E-state index is -0.395. The first-order chi connectivity index (χ1) is 10.6. The van der Waals surface area contributed by atoms with Crippen LogP contribution in [0.25, 0.3) is 0 Å². The van der Waals surface area contributed by atoms with Crippen LogP contribution in [0.1, 0.15) is 33.2 Å². The third kappa shape index (κ3) is 2.26. The fourth-order valence-corrected chi connectivity index (χ4v) is 2.31. The normalized spacial score (nSPS) is 14.3. The fourth-order valence-electron chi connectivity index (χ4n) is 2.31. The Morgan fingerprint density at radius 1 is 0.955 bits per heavy atom. The Morgan fingerprint density at radius 2 is 1.50 bits per heavy atom. The third-order valence-electron chi connectivity index (χ3n) is 3.53. The number of ether oxygens (including phenoxy) is 1. The first-order valence-electron chi connectivity index (χ1n) is 6.79. The van der Waals surface area contributed by atoms with Gasteiger partial charge in [-0.25, -0.2) is 0 Å². The summed E-state index contributed by atoms with van der Waals surface area (Å²) in [6.45, 7) is 1.76. The van der Waals surface area contributed by atoms with Gasteiger partial charge in [-0.2, -0.15) is 10.1 Å². The molecule has 110 valence electrons. The van der Waals surface area contributed by atoms with Gasteiger partial charge in [-0.3, -0.25) is 9.59 Å². The van der Waals surface area contributed by atoms with Gasteiger partial charge in [0.2, 0.25) is 0 Å². The van der Waals surface area contributed by atoms with E-state index in [0.29, 0.717) is 16.8 Å². The van der Waals surface area contributed by atoms with Gasteiger partial charge in [0.05, 0.1) is 23.9 Å². The molecule has 0 atom stereocenters. The van der Waals surface area contributed by atoms with Crippen molar-refractivity contribution in [2.24, 2.45) is 5.10 Å². The van der Waals surface area contributed by atoms with Crippen molar-refractivity contribution >= 4 is 17.5 Å². The van der Waals surface area contributed by atoms with Gasteiger partial charge in [0.25, 0.3) is 11.8 Å². The Kier molecular flexibility index (Phi) is 3.47. The van der Waals surface area contributed by atoms with Gasteiger partial charge in [0.1, 0.15) is 5.75 Å². The number of methoxy groups -OCH3 is 1. The molecule has 3 rings (SSSR count). The monoisotopic (exact) mass is 294 g/mol. The van der Waals surface area contributed by atoms with Crippen molar-refractivity contribution in [1.82, 2.24) is 5.01 Å². The Bertz CT molecular complexity index is 744. The number of carbonyl (C=O) groups is 2. The molecule has 0 saturated carbocycles. The second kappa shape index (κ2) is 5.44. The number of carbonyl (C=O) groups excluding carboxylic acids is 2. The second-order valence-electron chi connectivity index (χ2n) is 4.88. The van der Waals surface area contributed by atoms with Gasteiger partial charge in [0.15, 0.2) is 0 Å². The highest BCUT2D eigenvalue weighted by atomic mass is 16.5. The fraction of sp³-hybridized carbons (Fsp3) is 0.118. The largest absolute Gasteiger partial charge is 0.497 e. The minimum absolute atomic E-state index is 0.388. The molecule has 0 spiro atoms. The Morgan fingerprint density at radius 3 is 2.00 bits per heavy atom. The summed E-state index contributed by atoms with van der Waals surface area (Å²) in [4.78, 5) is 24.5. The molecule has 2 aromatic rings. The lowest BCUT2D eigenvalue weighted by Crippen LogP contribution is -2.25. The number of rotatable bonds is 3. The topological polar surface area (TPSA) is 59.0 Å². The highest BCUT2D eigenvalue weighted by molar-refractivity contribution is 6.21. The molecule has 0 aliphatic carbocycles. The average Bonchev–Trinajstić information content (AvgIpc) is 2.80. The highest BCUT2D eigenvalue weighted by Crippen LogP contribution is 2.23. The standard InChI is InChI=1S/C17H14N2O3/c1-11(12-7-9-13(22-2)10-8-12)18-19-16(20)14-5-3-4-6-15(14)17(19)21/h3-10H,1-2H3. The maximum atomic E-state index is 12.3. The van der Waals surface area contributed by atoms with E-state index in [4.69, 9.17) is 4.74 Å². The van der Waals surface area contributed by atoms with Crippen LogP contribution in [0.2, 0.25) is 0 Å². The Labute approximate surface area is 127 Å². The lowest BCUT2D eigenvalue weighted by Gasteiger charge is -2.09. The average molecular weight is 294 g/mol. The maximum absolute atomic E-state index is 12.3. The predicted molar refractivity (Wildman–Crippen MR) is 82.1 cm³/mol. The Balaban J connectivity index is 1.92. The summed E-state index contributed by atoms with van der Waals surface area (Å²) in [6.07, 6.45) is 0. The number of amides is 2. The van der Waals surface area contributed by atoms with Crippen LogP contribution in [0.15, 0.2) is 53.6 Å². The molecule has 0 unspecified atom stereocenters. The lowest BCUT2D eigenvalue weighted by atomic mass is 10.1. The predicted octanol–water partition coefficient (Wildman–Crippen LogP) is 2.72. The maximum Gasteiger partial charge on any atom is 0.282 e. The van der Waals surface area contributed by atoms with Crippen molar-refractivity contribution < 1.29 is 14.3 Å². The van der Waals surface area contributed by atoms with E-state index in [1.54, 1.807) is 50.4 Å². The molecule has 5 heteroatoms. The molecule has 1 aliphatic heterocycles. The van der Waals surface area contributed by atoms with Gasteiger partial charge >= 0.3 is 0 Å². The number of nitrogens with zero attached hydrogens (tertiary/aromatic N) is 2. The van der Waals surface area contributed by atoms with E-state index >= 15 is 0 Å². The summed E-state index contributed by atoms with van der Waals surface area (Å²) in [5.74, 6) is -0.0563. The van der Waals surface area contributed by atoms with Crippen LogP contribution in [-0.2, 0) is 0 Å².